The average Bonchev–Trinajstić information content (AvgIpc) is 2.01. The normalized spacial score (nSPS) is 12.0. The molecule has 0 bridgehead atoms. The molecule has 0 aromatic heterocycles. The summed E-state index contributed by atoms with van der Waals surface area (Å²) >= 11 is 0. The number of benzene rings is 1. The number of alkyl halides is 3. The number of hydrogen-bond donors (Lipinski definition) is 1. The second-order valence-corrected chi connectivity index (χ2v) is 3.92. The molecular weight excluding hydrogens is 257 g/mol. The molecule has 0 radical (unpaired) electrons. The van der Waals surface area contributed by atoms with Crippen LogP contribution in [-0.2, 0) is 16.3 Å². The van der Waals surface area contributed by atoms with Gasteiger partial charge in [-0.3, -0.25) is 4.55 Å². The van der Waals surface area contributed by atoms with Crippen molar-refractivity contribution in [2.45, 2.75) is 11.1 Å². The highest BCUT2D eigenvalue weighted by Crippen LogP contribution is 2.29. The molecule has 3 nitrogen and oxygen atoms in total. The summed E-state index contributed by atoms with van der Waals surface area (Å²) in [5, 5.41) is 0. The smallest absolute Gasteiger partial charge is 0.282 e. The fraction of sp³-hybridized carbons (Fsp3) is 0.143. The van der Waals surface area contributed by atoms with Crippen LogP contribution in [0.15, 0.2) is 29.2 Å². The van der Waals surface area contributed by atoms with Gasteiger partial charge in [0.1, 0.15) is 0 Å². The first kappa shape index (κ1) is 14.2. The van der Waals surface area contributed by atoms with Crippen molar-refractivity contribution in [2.24, 2.45) is 0 Å². The van der Waals surface area contributed by atoms with E-state index in [1.165, 1.54) is 0 Å². The lowest BCUT2D eigenvalue weighted by molar-refractivity contribution is -0.137. The van der Waals surface area contributed by atoms with Crippen molar-refractivity contribution in [2.75, 3.05) is 0 Å². The van der Waals surface area contributed by atoms with Crippen LogP contribution in [0.5, 0.6) is 0 Å². The zero-order chi connectivity index (χ0) is 11.0. The van der Waals surface area contributed by atoms with Gasteiger partial charge in [0.05, 0.1) is 10.5 Å². The van der Waals surface area contributed by atoms with Crippen molar-refractivity contribution >= 4 is 22.5 Å². The molecular formula is C7H6ClF3O3S. The van der Waals surface area contributed by atoms with Crippen molar-refractivity contribution in [3.8, 4) is 0 Å². The van der Waals surface area contributed by atoms with Crippen LogP contribution in [0.3, 0.4) is 0 Å². The van der Waals surface area contributed by atoms with Crippen LogP contribution >= 0.6 is 12.4 Å². The van der Waals surface area contributed by atoms with Gasteiger partial charge in [-0.15, -0.1) is 12.4 Å². The Kier molecular flexibility index (Phi) is 4.15. The molecule has 1 rings (SSSR count). The van der Waals surface area contributed by atoms with Crippen molar-refractivity contribution in [3.05, 3.63) is 29.8 Å². The summed E-state index contributed by atoms with van der Waals surface area (Å²) in [6, 6.07) is 2.56. The highest BCUT2D eigenvalue weighted by molar-refractivity contribution is 7.85. The quantitative estimate of drug-likeness (QED) is 0.791. The van der Waals surface area contributed by atoms with Gasteiger partial charge >= 0.3 is 6.18 Å². The lowest BCUT2D eigenvalue weighted by Gasteiger charge is -2.05. The Morgan fingerprint density at radius 3 is 1.73 bits per heavy atom. The second kappa shape index (κ2) is 4.38. The Morgan fingerprint density at radius 2 is 1.47 bits per heavy atom. The van der Waals surface area contributed by atoms with E-state index in [1.807, 2.05) is 0 Å². The Bertz CT molecular complexity index is 424. The minimum atomic E-state index is -4.52. The fourth-order valence-corrected chi connectivity index (χ4v) is 1.30. The van der Waals surface area contributed by atoms with Gasteiger partial charge in [-0.25, -0.2) is 0 Å². The molecule has 0 aliphatic heterocycles. The number of hydrogen-bond acceptors (Lipinski definition) is 2. The summed E-state index contributed by atoms with van der Waals surface area (Å²) in [6.07, 6.45) is -4.52. The zero-order valence-electron chi connectivity index (χ0n) is 7.02. The highest BCUT2D eigenvalue weighted by Gasteiger charge is 2.30. The van der Waals surface area contributed by atoms with Crippen molar-refractivity contribution in [1.82, 2.24) is 0 Å². The highest BCUT2D eigenvalue weighted by atomic mass is 35.5. The van der Waals surface area contributed by atoms with Crippen LogP contribution < -0.4 is 0 Å². The standard InChI is InChI=1S/C7H5F3O3S.ClH/c8-7(9,10)5-1-3-6(4-2-5)14(11,12)13;/h1-4H,(H,11,12,13);1H. The zero-order valence-corrected chi connectivity index (χ0v) is 8.66. The molecule has 15 heavy (non-hydrogen) atoms. The molecule has 0 aliphatic carbocycles. The van der Waals surface area contributed by atoms with Gasteiger partial charge in [-0.05, 0) is 24.3 Å². The summed E-state index contributed by atoms with van der Waals surface area (Å²) in [4.78, 5) is -0.564. The molecule has 0 amide bonds. The van der Waals surface area contributed by atoms with E-state index in [9.17, 15) is 21.6 Å². The first-order valence-electron chi connectivity index (χ1n) is 3.36. The summed E-state index contributed by atoms with van der Waals surface area (Å²) in [5.41, 5.74) is -0.968. The molecule has 8 heteroatoms. The van der Waals surface area contributed by atoms with Gasteiger partial charge in [0.2, 0.25) is 0 Å². The molecule has 0 heterocycles. The summed E-state index contributed by atoms with van der Waals surface area (Å²) < 4.78 is 65.4. The SMILES string of the molecule is Cl.O=S(=O)(O)c1ccc(C(F)(F)F)cc1. The molecule has 1 aromatic rings. The van der Waals surface area contributed by atoms with Crippen LogP contribution in [0.4, 0.5) is 13.2 Å². The van der Waals surface area contributed by atoms with E-state index in [1.54, 1.807) is 0 Å². The van der Waals surface area contributed by atoms with E-state index < -0.39 is 26.8 Å². The third-order valence-electron chi connectivity index (χ3n) is 1.48. The predicted octanol–water partition coefficient (Wildman–Crippen LogP) is 2.37. The van der Waals surface area contributed by atoms with Crippen LogP contribution in [0, 0.1) is 0 Å². The molecule has 0 fully saturated rings. The molecule has 1 aromatic carbocycles. The maximum atomic E-state index is 12.0. The lowest BCUT2D eigenvalue weighted by atomic mass is 10.2. The molecule has 0 spiro atoms. The Labute approximate surface area is 90.1 Å². The third-order valence-corrected chi connectivity index (χ3v) is 2.35. The second-order valence-electron chi connectivity index (χ2n) is 2.50. The van der Waals surface area contributed by atoms with Crippen LogP contribution in [0.2, 0.25) is 0 Å². The summed E-state index contributed by atoms with van der Waals surface area (Å²) in [5.74, 6) is 0. The number of halogens is 4. The number of rotatable bonds is 1. The van der Waals surface area contributed by atoms with Gasteiger partial charge in [-0.1, -0.05) is 0 Å². The van der Waals surface area contributed by atoms with Crippen molar-refractivity contribution in [1.29, 1.82) is 0 Å². The van der Waals surface area contributed by atoms with E-state index >= 15 is 0 Å². The van der Waals surface area contributed by atoms with Crippen molar-refractivity contribution in [3.63, 3.8) is 0 Å². The molecule has 1 N–H and O–H groups in total. The summed E-state index contributed by atoms with van der Waals surface area (Å²) in [6.45, 7) is 0. The van der Waals surface area contributed by atoms with E-state index in [4.69, 9.17) is 4.55 Å². The molecule has 0 saturated heterocycles. The van der Waals surface area contributed by atoms with Gasteiger partial charge in [-0.2, -0.15) is 21.6 Å². The molecule has 86 valence electrons. The lowest BCUT2D eigenvalue weighted by Crippen LogP contribution is -2.05. The van der Waals surface area contributed by atoms with Crippen LogP contribution in [0.1, 0.15) is 5.56 Å². The molecule has 0 atom stereocenters. The third kappa shape index (κ3) is 3.69. The van der Waals surface area contributed by atoms with Crippen LogP contribution in [-0.4, -0.2) is 13.0 Å². The topological polar surface area (TPSA) is 54.4 Å². The van der Waals surface area contributed by atoms with E-state index in [0.29, 0.717) is 24.3 Å². The monoisotopic (exact) mass is 262 g/mol. The first-order chi connectivity index (χ1) is 6.21. The first-order valence-corrected chi connectivity index (χ1v) is 4.80. The maximum Gasteiger partial charge on any atom is 0.416 e. The van der Waals surface area contributed by atoms with Gasteiger partial charge in [0.15, 0.2) is 0 Å². The Balaban J connectivity index is 0.00000196. The average molecular weight is 263 g/mol. The molecule has 0 saturated carbocycles. The predicted molar refractivity (Wildman–Crippen MR) is 48.5 cm³/mol. The van der Waals surface area contributed by atoms with Crippen LogP contribution in [0.25, 0.3) is 0 Å². The minimum Gasteiger partial charge on any atom is -0.282 e. The van der Waals surface area contributed by atoms with Gasteiger partial charge in [0.25, 0.3) is 10.1 Å². The van der Waals surface area contributed by atoms with Gasteiger partial charge < -0.3 is 0 Å². The largest absolute Gasteiger partial charge is 0.416 e. The Hall–Kier alpha value is -0.790. The minimum absolute atomic E-state index is 0. The van der Waals surface area contributed by atoms with E-state index in [-0.39, 0.29) is 12.4 Å². The van der Waals surface area contributed by atoms with E-state index in [0.717, 1.165) is 0 Å². The molecule has 0 unspecified atom stereocenters. The van der Waals surface area contributed by atoms with Crippen molar-refractivity contribution < 1.29 is 26.1 Å². The Morgan fingerprint density at radius 1 is 1.07 bits per heavy atom. The fourth-order valence-electron chi connectivity index (χ4n) is 0.816. The van der Waals surface area contributed by atoms with Gasteiger partial charge in [0, 0.05) is 0 Å². The maximum absolute atomic E-state index is 12.0. The van der Waals surface area contributed by atoms with E-state index in [2.05, 4.69) is 0 Å². The molecule has 0 aliphatic rings. The summed E-state index contributed by atoms with van der Waals surface area (Å²) in [7, 11) is -4.43.